The lowest BCUT2D eigenvalue weighted by molar-refractivity contribution is -0.135. The summed E-state index contributed by atoms with van der Waals surface area (Å²) < 4.78 is 5.29. The molecule has 0 spiro atoms. The average molecular weight is 283 g/mol. The first kappa shape index (κ1) is 17.0. The van der Waals surface area contributed by atoms with Gasteiger partial charge in [-0.1, -0.05) is 27.2 Å². The van der Waals surface area contributed by atoms with Crippen LogP contribution >= 0.6 is 0 Å². The number of nitrogens with one attached hydrogen (secondary N) is 1. The van der Waals surface area contributed by atoms with Gasteiger partial charge in [0.15, 0.2) is 0 Å². The van der Waals surface area contributed by atoms with Crippen molar-refractivity contribution >= 4 is 11.9 Å². The van der Waals surface area contributed by atoms with E-state index in [1.54, 1.807) is 0 Å². The van der Waals surface area contributed by atoms with E-state index in [-0.39, 0.29) is 23.2 Å². The first-order chi connectivity index (χ1) is 9.07. The number of alkyl carbamates (subject to hydrolysis) is 1. The average Bonchev–Trinajstić information content (AvgIpc) is 2.27. The Labute approximate surface area is 122 Å². The normalized spacial score (nSPS) is 24.1. The molecule has 1 amide bonds. The molecule has 0 aromatic heterocycles. The summed E-state index contributed by atoms with van der Waals surface area (Å²) in [5.41, 5.74) is -0.788. The molecule has 0 aromatic carbocycles. The largest absolute Gasteiger partial charge is 0.444 e. The van der Waals surface area contributed by atoms with E-state index in [1.807, 2.05) is 41.5 Å². The van der Waals surface area contributed by atoms with E-state index in [0.29, 0.717) is 0 Å². The van der Waals surface area contributed by atoms with Gasteiger partial charge >= 0.3 is 6.09 Å². The summed E-state index contributed by atoms with van der Waals surface area (Å²) in [6.45, 7) is 11.5. The van der Waals surface area contributed by atoms with Crippen LogP contribution in [0.5, 0.6) is 0 Å². The third-order valence-corrected chi connectivity index (χ3v) is 3.95. The van der Waals surface area contributed by atoms with Crippen LogP contribution in [0.2, 0.25) is 0 Å². The fourth-order valence-electron chi connectivity index (χ4n) is 2.85. The maximum Gasteiger partial charge on any atom is 0.407 e. The van der Waals surface area contributed by atoms with Crippen molar-refractivity contribution in [3.8, 4) is 0 Å². The van der Waals surface area contributed by atoms with Crippen LogP contribution in [0.4, 0.5) is 4.79 Å². The minimum absolute atomic E-state index is 0.0868. The second-order valence-electron chi connectivity index (χ2n) is 7.41. The highest BCUT2D eigenvalue weighted by Crippen LogP contribution is 2.37. The zero-order chi connectivity index (χ0) is 15.6. The second kappa shape index (κ2) is 6.15. The summed E-state index contributed by atoms with van der Waals surface area (Å²) in [6.07, 6.45) is 3.14. The number of ketones is 1. The molecule has 2 atom stereocenters. The quantitative estimate of drug-likeness (QED) is 0.859. The number of carbonyl (C=O) groups is 2. The smallest absolute Gasteiger partial charge is 0.407 e. The van der Waals surface area contributed by atoms with Crippen LogP contribution in [0.25, 0.3) is 0 Å². The Hall–Kier alpha value is -1.06. The standard InChI is InChI=1S/C16H29NO3/c1-7-12(17-14(19)20-15(2,3)4)11-9-8-10-16(5,6)13(11)18/h11-12H,7-10H2,1-6H3,(H,17,19). The molecule has 0 aromatic rings. The van der Waals surface area contributed by atoms with E-state index in [2.05, 4.69) is 5.32 Å². The van der Waals surface area contributed by atoms with Gasteiger partial charge in [-0.15, -0.1) is 0 Å². The lowest BCUT2D eigenvalue weighted by atomic mass is 9.68. The maximum absolute atomic E-state index is 12.5. The highest BCUT2D eigenvalue weighted by atomic mass is 16.6. The Bertz CT molecular complexity index is 368. The summed E-state index contributed by atoms with van der Waals surface area (Å²) in [5, 5.41) is 2.88. The number of hydrogen-bond donors (Lipinski definition) is 1. The van der Waals surface area contributed by atoms with Crippen molar-refractivity contribution in [3.63, 3.8) is 0 Å². The molecule has 4 heteroatoms. The summed E-state index contributed by atoms with van der Waals surface area (Å²) in [7, 11) is 0. The Morgan fingerprint density at radius 2 is 2.05 bits per heavy atom. The van der Waals surface area contributed by atoms with E-state index in [1.165, 1.54) is 0 Å². The number of carbonyl (C=O) groups excluding carboxylic acids is 2. The zero-order valence-corrected chi connectivity index (χ0v) is 13.7. The molecule has 1 fully saturated rings. The van der Waals surface area contributed by atoms with E-state index >= 15 is 0 Å². The zero-order valence-electron chi connectivity index (χ0n) is 13.7. The van der Waals surface area contributed by atoms with Crippen molar-refractivity contribution in [2.45, 2.75) is 78.9 Å². The molecule has 1 N–H and O–H groups in total. The van der Waals surface area contributed by atoms with Gasteiger partial charge in [0.25, 0.3) is 0 Å². The van der Waals surface area contributed by atoms with Gasteiger partial charge in [-0.3, -0.25) is 4.79 Å². The highest BCUT2D eigenvalue weighted by molar-refractivity contribution is 5.88. The number of rotatable bonds is 3. The van der Waals surface area contributed by atoms with Crippen molar-refractivity contribution in [2.75, 3.05) is 0 Å². The Balaban J connectivity index is 2.71. The molecular weight excluding hydrogens is 254 g/mol. The van der Waals surface area contributed by atoms with Gasteiger partial charge in [0.05, 0.1) is 0 Å². The molecule has 20 heavy (non-hydrogen) atoms. The molecule has 0 bridgehead atoms. The maximum atomic E-state index is 12.5. The summed E-state index contributed by atoms with van der Waals surface area (Å²) in [6, 6.07) is -0.128. The second-order valence-corrected chi connectivity index (χ2v) is 7.41. The van der Waals surface area contributed by atoms with Gasteiger partial charge in [-0.05, 0) is 40.0 Å². The van der Waals surface area contributed by atoms with Gasteiger partial charge < -0.3 is 10.1 Å². The third kappa shape index (κ3) is 4.50. The number of amides is 1. The lowest BCUT2D eigenvalue weighted by Crippen LogP contribution is -2.49. The summed E-state index contributed by atoms with van der Waals surface area (Å²) in [4.78, 5) is 24.4. The summed E-state index contributed by atoms with van der Waals surface area (Å²) >= 11 is 0. The monoisotopic (exact) mass is 283 g/mol. The predicted octanol–water partition coefficient (Wildman–Crippen LogP) is 3.69. The van der Waals surface area contributed by atoms with E-state index in [9.17, 15) is 9.59 Å². The van der Waals surface area contributed by atoms with Crippen molar-refractivity contribution in [3.05, 3.63) is 0 Å². The Kier molecular flexibility index (Phi) is 5.22. The molecule has 0 radical (unpaired) electrons. The third-order valence-electron chi connectivity index (χ3n) is 3.95. The Morgan fingerprint density at radius 1 is 1.45 bits per heavy atom. The molecule has 1 rings (SSSR count). The van der Waals surface area contributed by atoms with Gasteiger partial charge in [0, 0.05) is 17.4 Å². The summed E-state index contributed by atoms with van der Waals surface area (Å²) in [5.74, 6) is 0.183. The minimum Gasteiger partial charge on any atom is -0.444 e. The molecule has 4 nitrogen and oxygen atoms in total. The van der Waals surface area contributed by atoms with Crippen molar-refractivity contribution in [1.29, 1.82) is 0 Å². The fourth-order valence-corrected chi connectivity index (χ4v) is 2.85. The van der Waals surface area contributed by atoms with E-state index < -0.39 is 11.7 Å². The molecular formula is C16H29NO3. The van der Waals surface area contributed by atoms with Crippen molar-refractivity contribution in [2.24, 2.45) is 11.3 Å². The van der Waals surface area contributed by atoms with Gasteiger partial charge in [-0.25, -0.2) is 4.79 Å². The van der Waals surface area contributed by atoms with Crippen LogP contribution in [0.15, 0.2) is 0 Å². The van der Waals surface area contributed by atoms with Crippen molar-refractivity contribution in [1.82, 2.24) is 5.32 Å². The number of hydrogen-bond acceptors (Lipinski definition) is 3. The fraction of sp³-hybridized carbons (Fsp3) is 0.875. The first-order valence-electron chi connectivity index (χ1n) is 7.60. The molecule has 116 valence electrons. The van der Waals surface area contributed by atoms with E-state index in [4.69, 9.17) is 4.74 Å². The van der Waals surface area contributed by atoms with Crippen molar-refractivity contribution < 1.29 is 14.3 Å². The first-order valence-corrected chi connectivity index (χ1v) is 7.60. The number of ether oxygens (including phenoxy) is 1. The molecule has 1 aliphatic carbocycles. The predicted molar refractivity (Wildman–Crippen MR) is 79.6 cm³/mol. The topological polar surface area (TPSA) is 55.4 Å². The SMILES string of the molecule is CCC(NC(=O)OC(C)(C)C)C1CCCC(C)(C)C1=O. The van der Waals surface area contributed by atoms with E-state index in [0.717, 1.165) is 25.7 Å². The molecule has 0 heterocycles. The van der Waals surface area contributed by atoms with Crippen LogP contribution in [0, 0.1) is 11.3 Å². The molecule has 1 saturated carbocycles. The Morgan fingerprint density at radius 3 is 2.55 bits per heavy atom. The number of Topliss-reactive ketones (excluding diaryl/α,β-unsaturated/α-hetero) is 1. The van der Waals surface area contributed by atoms with Crippen LogP contribution in [0.1, 0.15) is 67.2 Å². The van der Waals surface area contributed by atoms with Crippen LogP contribution in [-0.4, -0.2) is 23.5 Å². The molecule has 0 aliphatic heterocycles. The van der Waals surface area contributed by atoms with Gasteiger partial charge in [0.1, 0.15) is 11.4 Å². The van der Waals surface area contributed by atoms with Crippen LogP contribution in [0.3, 0.4) is 0 Å². The highest BCUT2D eigenvalue weighted by Gasteiger charge is 2.41. The molecule has 0 saturated heterocycles. The van der Waals surface area contributed by atoms with Crippen LogP contribution < -0.4 is 5.32 Å². The molecule has 1 aliphatic rings. The lowest BCUT2D eigenvalue weighted by Gasteiger charge is -2.37. The van der Waals surface area contributed by atoms with Gasteiger partial charge in [-0.2, -0.15) is 0 Å². The van der Waals surface area contributed by atoms with Crippen LogP contribution in [-0.2, 0) is 9.53 Å². The minimum atomic E-state index is -0.516. The molecule has 2 unspecified atom stereocenters. The van der Waals surface area contributed by atoms with Gasteiger partial charge in [0.2, 0.25) is 0 Å².